The third-order valence-electron chi connectivity index (χ3n) is 3.01. The summed E-state index contributed by atoms with van der Waals surface area (Å²) in [5, 5.41) is 0. The van der Waals surface area contributed by atoms with Gasteiger partial charge in [-0.1, -0.05) is 32.6 Å². The predicted octanol–water partition coefficient (Wildman–Crippen LogP) is 3.61. The Bertz CT molecular complexity index is 462. The molecule has 20 heavy (non-hydrogen) atoms. The molecule has 1 amide bonds. The fourth-order valence-electron chi connectivity index (χ4n) is 1.75. The zero-order chi connectivity index (χ0) is 14.8. The molecule has 0 spiro atoms. The number of unbranched alkanes of at least 4 members (excludes halogenated alkanes) is 2. The minimum Gasteiger partial charge on any atom is -0.332 e. The van der Waals surface area contributed by atoms with Gasteiger partial charge in [0.05, 0.1) is 0 Å². The van der Waals surface area contributed by atoms with Gasteiger partial charge in [-0.3, -0.25) is 4.79 Å². The topological polar surface area (TPSA) is 20.3 Å². The van der Waals surface area contributed by atoms with Gasteiger partial charge >= 0.3 is 0 Å². The molecule has 2 nitrogen and oxygen atoms in total. The molecule has 0 aliphatic carbocycles. The monoisotopic (exact) mass is 275 g/mol. The molecule has 0 saturated heterocycles. The maximum Gasteiger partial charge on any atom is 0.298 e. The molecular weight excluding hydrogens is 253 g/mol. The van der Waals surface area contributed by atoms with Crippen molar-refractivity contribution >= 4 is 5.91 Å². The van der Waals surface area contributed by atoms with E-state index in [1.165, 1.54) is 12.1 Å². The molecule has 0 aromatic heterocycles. The minimum absolute atomic E-state index is 0.142. The second-order valence-electron chi connectivity index (χ2n) is 4.76. The third kappa shape index (κ3) is 5.88. The van der Waals surface area contributed by atoms with Crippen LogP contribution in [0.3, 0.4) is 0 Å². The van der Waals surface area contributed by atoms with Gasteiger partial charge in [0.25, 0.3) is 5.91 Å². The largest absolute Gasteiger partial charge is 0.332 e. The number of nitrogens with zero attached hydrogens (tertiary/aromatic N) is 1. The first-order valence-corrected chi connectivity index (χ1v) is 7.23. The second-order valence-corrected chi connectivity index (χ2v) is 4.76. The van der Waals surface area contributed by atoms with E-state index in [2.05, 4.69) is 25.7 Å². The molecule has 0 aliphatic rings. The summed E-state index contributed by atoms with van der Waals surface area (Å²) in [5.74, 6) is 5.01. The number of rotatable bonds is 6. The Kier molecular flexibility index (Phi) is 7.42. The van der Waals surface area contributed by atoms with Crippen LogP contribution in [0.2, 0.25) is 0 Å². The highest BCUT2D eigenvalue weighted by molar-refractivity contribution is 5.94. The fourth-order valence-corrected chi connectivity index (χ4v) is 1.75. The van der Waals surface area contributed by atoms with Crippen molar-refractivity contribution in [3.05, 3.63) is 35.6 Å². The Morgan fingerprint density at radius 3 is 2.15 bits per heavy atom. The smallest absolute Gasteiger partial charge is 0.298 e. The SMILES string of the molecule is CCCCN(CCCC)C(=O)C#Cc1ccc(F)cc1. The van der Waals surface area contributed by atoms with E-state index in [0.717, 1.165) is 38.8 Å². The minimum atomic E-state index is -0.297. The normalized spacial score (nSPS) is 9.75. The average molecular weight is 275 g/mol. The van der Waals surface area contributed by atoms with Crippen LogP contribution in [-0.4, -0.2) is 23.9 Å². The van der Waals surface area contributed by atoms with Crippen LogP contribution in [0, 0.1) is 17.7 Å². The van der Waals surface area contributed by atoms with Gasteiger partial charge in [-0.2, -0.15) is 0 Å². The molecule has 0 bridgehead atoms. The molecule has 0 unspecified atom stereocenters. The van der Waals surface area contributed by atoms with Gasteiger partial charge in [-0.05, 0) is 37.1 Å². The van der Waals surface area contributed by atoms with Gasteiger partial charge in [-0.25, -0.2) is 4.39 Å². The van der Waals surface area contributed by atoms with Crippen LogP contribution in [-0.2, 0) is 4.79 Å². The highest BCUT2D eigenvalue weighted by Gasteiger charge is 2.09. The Morgan fingerprint density at radius 1 is 1.10 bits per heavy atom. The summed E-state index contributed by atoms with van der Waals surface area (Å²) in [7, 11) is 0. The van der Waals surface area contributed by atoms with E-state index >= 15 is 0 Å². The van der Waals surface area contributed by atoms with Gasteiger partial charge in [0.15, 0.2) is 0 Å². The molecule has 1 aromatic rings. The Morgan fingerprint density at radius 2 is 1.65 bits per heavy atom. The maximum absolute atomic E-state index is 12.8. The summed E-state index contributed by atoms with van der Waals surface area (Å²) in [4.78, 5) is 13.9. The van der Waals surface area contributed by atoms with E-state index in [4.69, 9.17) is 0 Å². The van der Waals surface area contributed by atoms with E-state index < -0.39 is 0 Å². The van der Waals surface area contributed by atoms with Gasteiger partial charge < -0.3 is 4.90 Å². The number of hydrogen-bond donors (Lipinski definition) is 0. The van der Waals surface area contributed by atoms with Crippen molar-refractivity contribution in [2.45, 2.75) is 39.5 Å². The zero-order valence-electron chi connectivity index (χ0n) is 12.3. The predicted molar refractivity (Wildman–Crippen MR) is 79.7 cm³/mol. The molecule has 3 heteroatoms. The van der Waals surface area contributed by atoms with Crippen molar-refractivity contribution in [2.24, 2.45) is 0 Å². The number of halogens is 1. The average Bonchev–Trinajstić information content (AvgIpc) is 2.46. The molecule has 0 N–H and O–H groups in total. The van der Waals surface area contributed by atoms with Crippen LogP contribution in [0.25, 0.3) is 0 Å². The Balaban J connectivity index is 2.67. The van der Waals surface area contributed by atoms with Gasteiger partial charge in [0, 0.05) is 24.6 Å². The lowest BCUT2D eigenvalue weighted by Crippen LogP contribution is -2.31. The Labute approximate surface area is 121 Å². The van der Waals surface area contributed by atoms with Crippen molar-refractivity contribution in [2.75, 3.05) is 13.1 Å². The van der Waals surface area contributed by atoms with E-state index in [1.807, 2.05) is 4.90 Å². The number of amides is 1. The molecule has 0 radical (unpaired) electrons. The summed E-state index contributed by atoms with van der Waals surface area (Å²) in [6.07, 6.45) is 4.10. The van der Waals surface area contributed by atoms with E-state index in [0.29, 0.717) is 5.56 Å². The van der Waals surface area contributed by atoms with Crippen molar-refractivity contribution in [3.63, 3.8) is 0 Å². The van der Waals surface area contributed by atoms with Gasteiger partial charge in [-0.15, -0.1) is 0 Å². The molecule has 1 aromatic carbocycles. The summed E-state index contributed by atoms with van der Waals surface area (Å²) in [6.45, 7) is 5.72. The maximum atomic E-state index is 12.8. The van der Waals surface area contributed by atoms with E-state index in [1.54, 1.807) is 12.1 Å². The Hall–Kier alpha value is -1.82. The summed E-state index contributed by atoms with van der Waals surface area (Å²) in [6, 6.07) is 5.86. The lowest BCUT2D eigenvalue weighted by atomic mass is 10.2. The quantitative estimate of drug-likeness (QED) is 0.726. The third-order valence-corrected chi connectivity index (χ3v) is 3.01. The standard InChI is InChI=1S/C17H22FNO/c1-3-5-13-19(14-6-4-2)17(20)12-9-15-7-10-16(18)11-8-15/h7-8,10-11H,3-6,13-14H2,1-2H3. The first kappa shape index (κ1) is 16.2. The van der Waals surface area contributed by atoms with Crippen LogP contribution < -0.4 is 0 Å². The van der Waals surface area contributed by atoms with Crippen LogP contribution in [0.15, 0.2) is 24.3 Å². The van der Waals surface area contributed by atoms with Crippen molar-refractivity contribution in [3.8, 4) is 11.8 Å². The van der Waals surface area contributed by atoms with Crippen LogP contribution in [0.5, 0.6) is 0 Å². The molecule has 0 heterocycles. The molecule has 108 valence electrons. The van der Waals surface area contributed by atoms with Gasteiger partial charge in [0.1, 0.15) is 5.82 Å². The lowest BCUT2D eigenvalue weighted by molar-refractivity contribution is -0.125. The summed E-state index contributed by atoms with van der Waals surface area (Å²) in [5.41, 5.74) is 0.658. The van der Waals surface area contributed by atoms with Gasteiger partial charge in [0.2, 0.25) is 0 Å². The lowest BCUT2D eigenvalue weighted by Gasteiger charge is -2.19. The fraction of sp³-hybridized carbons (Fsp3) is 0.471. The summed E-state index contributed by atoms with van der Waals surface area (Å²) >= 11 is 0. The van der Waals surface area contributed by atoms with Crippen LogP contribution >= 0.6 is 0 Å². The van der Waals surface area contributed by atoms with Crippen molar-refractivity contribution in [1.29, 1.82) is 0 Å². The molecule has 0 atom stereocenters. The molecule has 0 saturated carbocycles. The first-order valence-electron chi connectivity index (χ1n) is 7.23. The highest BCUT2D eigenvalue weighted by atomic mass is 19.1. The molecule has 1 rings (SSSR count). The number of hydrogen-bond acceptors (Lipinski definition) is 1. The van der Waals surface area contributed by atoms with E-state index in [9.17, 15) is 9.18 Å². The zero-order valence-corrected chi connectivity index (χ0v) is 12.3. The summed E-state index contributed by atoms with van der Waals surface area (Å²) < 4.78 is 12.8. The second kappa shape index (κ2) is 9.14. The number of carbonyl (C=O) groups is 1. The highest BCUT2D eigenvalue weighted by Crippen LogP contribution is 2.02. The molecule has 0 aliphatic heterocycles. The first-order chi connectivity index (χ1) is 9.67. The van der Waals surface area contributed by atoms with Crippen molar-refractivity contribution < 1.29 is 9.18 Å². The van der Waals surface area contributed by atoms with Crippen LogP contribution in [0.1, 0.15) is 45.1 Å². The van der Waals surface area contributed by atoms with Crippen molar-refractivity contribution in [1.82, 2.24) is 4.90 Å². The number of benzene rings is 1. The molecule has 0 fully saturated rings. The molecular formula is C17H22FNO. The number of carbonyl (C=O) groups excluding carboxylic acids is 1. The van der Waals surface area contributed by atoms with Crippen LogP contribution in [0.4, 0.5) is 4.39 Å². The van der Waals surface area contributed by atoms with E-state index in [-0.39, 0.29) is 11.7 Å².